The van der Waals surface area contributed by atoms with Crippen LogP contribution in [0.4, 0.5) is 4.79 Å². The molecule has 1 saturated heterocycles. The molecule has 5 rings (SSSR count). The highest BCUT2D eigenvalue weighted by molar-refractivity contribution is 6.35. The van der Waals surface area contributed by atoms with Gasteiger partial charge in [-0.3, -0.25) is 19.4 Å². The molecule has 4 aliphatic rings. The number of urea groups is 1. The molecule has 4 amide bonds. The van der Waals surface area contributed by atoms with Gasteiger partial charge in [-0.25, -0.2) is 4.79 Å². The van der Waals surface area contributed by atoms with Crippen molar-refractivity contribution >= 4 is 41.0 Å². The molecular weight excluding hydrogens is 501 g/mol. The average Bonchev–Trinajstić information content (AvgIpc) is 3.51. The first-order valence-corrected chi connectivity index (χ1v) is 13.7. The van der Waals surface area contributed by atoms with Gasteiger partial charge < -0.3 is 15.1 Å². The molecule has 1 aliphatic carbocycles. The van der Waals surface area contributed by atoms with E-state index in [-0.39, 0.29) is 24.3 Å². The molecule has 36 heavy (non-hydrogen) atoms. The lowest BCUT2D eigenvalue weighted by Crippen LogP contribution is -2.51. The summed E-state index contributed by atoms with van der Waals surface area (Å²) in [5, 5.41) is 3.81. The van der Waals surface area contributed by atoms with Gasteiger partial charge in [0.15, 0.2) is 0 Å². The van der Waals surface area contributed by atoms with Gasteiger partial charge in [-0.1, -0.05) is 42.1 Å². The molecule has 10 heteroatoms. The molecule has 1 aromatic carbocycles. The van der Waals surface area contributed by atoms with E-state index in [2.05, 4.69) is 10.2 Å². The zero-order valence-electron chi connectivity index (χ0n) is 20.6. The molecule has 3 aliphatic heterocycles. The highest BCUT2D eigenvalue weighted by atomic mass is 35.5. The Labute approximate surface area is 222 Å². The summed E-state index contributed by atoms with van der Waals surface area (Å²) < 4.78 is 0. The maximum Gasteiger partial charge on any atom is 0.322 e. The number of halogens is 2. The molecule has 1 N–H and O–H groups in total. The molecule has 0 radical (unpaired) electrons. The van der Waals surface area contributed by atoms with E-state index in [4.69, 9.17) is 23.2 Å². The zero-order chi connectivity index (χ0) is 25.4. The number of hydrogen-bond donors (Lipinski definition) is 1. The highest BCUT2D eigenvalue weighted by Gasteiger charge is 2.44. The Morgan fingerprint density at radius 3 is 2.47 bits per heavy atom. The van der Waals surface area contributed by atoms with Gasteiger partial charge in [-0.05, 0) is 37.5 Å². The van der Waals surface area contributed by atoms with E-state index in [1.165, 1.54) is 25.7 Å². The van der Waals surface area contributed by atoms with Gasteiger partial charge in [0.1, 0.15) is 0 Å². The van der Waals surface area contributed by atoms with Gasteiger partial charge in [-0.15, -0.1) is 0 Å². The van der Waals surface area contributed by atoms with E-state index in [9.17, 15) is 14.4 Å². The van der Waals surface area contributed by atoms with Crippen LogP contribution >= 0.6 is 23.2 Å². The molecule has 1 atom stereocenters. The third-order valence-corrected chi connectivity index (χ3v) is 8.55. The lowest BCUT2D eigenvalue weighted by molar-refractivity contribution is -0.134. The Hall–Kier alpha value is -2.29. The number of hydrogen-bond acceptors (Lipinski definition) is 4. The topological polar surface area (TPSA) is 76.2 Å². The van der Waals surface area contributed by atoms with Crippen LogP contribution in [0.1, 0.15) is 50.6 Å². The van der Waals surface area contributed by atoms with E-state index >= 15 is 0 Å². The van der Waals surface area contributed by atoms with E-state index in [0.29, 0.717) is 52.6 Å². The molecule has 0 spiro atoms. The van der Waals surface area contributed by atoms with Gasteiger partial charge in [-0.2, -0.15) is 0 Å². The third-order valence-electron chi connectivity index (χ3n) is 7.99. The van der Waals surface area contributed by atoms with Crippen molar-refractivity contribution in [2.75, 3.05) is 45.8 Å². The van der Waals surface area contributed by atoms with Crippen LogP contribution in [-0.2, 0) is 9.59 Å². The van der Waals surface area contributed by atoms with Crippen LogP contribution in [0.3, 0.4) is 0 Å². The van der Waals surface area contributed by atoms with E-state index in [0.717, 1.165) is 26.2 Å². The minimum absolute atomic E-state index is 0.0811. The van der Waals surface area contributed by atoms with Crippen molar-refractivity contribution in [1.29, 1.82) is 0 Å². The minimum Gasteiger partial charge on any atom is -0.340 e. The first-order valence-electron chi connectivity index (χ1n) is 12.9. The SMILES string of the molecule is CCN1C(=O)N[C@H](c2ccc(Cl)cc2Cl)C2=C1CN(CCC(=O)N1CCN(C3CCCC3)CC1)C2=O. The summed E-state index contributed by atoms with van der Waals surface area (Å²) in [7, 11) is 0. The molecule has 2 fully saturated rings. The third kappa shape index (κ3) is 4.83. The fourth-order valence-corrected chi connectivity index (χ4v) is 6.54. The number of amides is 4. The van der Waals surface area contributed by atoms with Crippen molar-refractivity contribution in [2.45, 2.75) is 51.1 Å². The number of nitrogens with zero attached hydrogens (tertiary/aromatic N) is 4. The number of benzene rings is 1. The fraction of sp³-hybridized carbons (Fsp3) is 0.577. The average molecular weight is 534 g/mol. The molecule has 1 saturated carbocycles. The van der Waals surface area contributed by atoms with Crippen LogP contribution < -0.4 is 5.32 Å². The molecule has 0 aromatic heterocycles. The molecule has 1 aromatic rings. The van der Waals surface area contributed by atoms with Crippen LogP contribution in [0.2, 0.25) is 10.0 Å². The van der Waals surface area contributed by atoms with Crippen molar-refractivity contribution in [1.82, 2.24) is 24.9 Å². The number of carbonyl (C=O) groups is 3. The fourth-order valence-electron chi connectivity index (χ4n) is 6.03. The zero-order valence-corrected chi connectivity index (χ0v) is 22.2. The summed E-state index contributed by atoms with van der Waals surface area (Å²) in [4.78, 5) is 47.1. The summed E-state index contributed by atoms with van der Waals surface area (Å²) in [5.41, 5.74) is 1.82. The van der Waals surface area contributed by atoms with Gasteiger partial charge in [0, 0.05) is 61.8 Å². The lowest BCUT2D eigenvalue weighted by atomic mass is 9.95. The number of likely N-dealkylation sites (N-methyl/N-ethyl adjacent to an activating group) is 1. The van der Waals surface area contributed by atoms with Crippen LogP contribution in [0, 0.1) is 0 Å². The standard InChI is InChI=1S/C26H33Cl2N5O3/c1-2-33-21-16-32(10-9-22(34)31-13-11-30(12-14-31)18-5-3-4-6-18)25(35)23(21)24(29-26(33)36)19-8-7-17(27)15-20(19)28/h7-8,15,18,24H,2-6,9-14,16H2,1H3,(H,29,36)/t24-/m1/s1. The van der Waals surface area contributed by atoms with Crippen LogP contribution in [0.5, 0.6) is 0 Å². The number of rotatable bonds is 6. The summed E-state index contributed by atoms with van der Waals surface area (Å²) in [6.07, 6.45) is 5.45. The van der Waals surface area contributed by atoms with Crippen LogP contribution in [-0.4, -0.2) is 89.3 Å². The Morgan fingerprint density at radius 1 is 1.08 bits per heavy atom. The van der Waals surface area contributed by atoms with Crippen molar-refractivity contribution < 1.29 is 14.4 Å². The maximum atomic E-state index is 13.5. The second-order valence-electron chi connectivity index (χ2n) is 9.98. The van der Waals surface area contributed by atoms with Gasteiger partial charge >= 0.3 is 6.03 Å². The van der Waals surface area contributed by atoms with Crippen LogP contribution in [0.15, 0.2) is 29.5 Å². The summed E-state index contributed by atoms with van der Waals surface area (Å²) in [6, 6.07) is 4.81. The number of piperazine rings is 1. The quantitative estimate of drug-likeness (QED) is 0.605. The molecule has 0 bridgehead atoms. The first kappa shape index (κ1) is 25.4. The largest absolute Gasteiger partial charge is 0.340 e. The summed E-state index contributed by atoms with van der Waals surface area (Å²) in [6.45, 7) is 6.29. The smallest absolute Gasteiger partial charge is 0.322 e. The number of carbonyl (C=O) groups excluding carboxylic acids is 3. The normalized spacial score (nSPS) is 23.5. The molecular formula is C26H33Cl2N5O3. The van der Waals surface area contributed by atoms with Gasteiger partial charge in [0.05, 0.1) is 23.9 Å². The van der Waals surface area contributed by atoms with E-state index in [1.807, 2.05) is 11.8 Å². The van der Waals surface area contributed by atoms with Gasteiger partial charge in [0.2, 0.25) is 5.91 Å². The monoisotopic (exact) mass is 533 g/mol. The predicted molar refractivity (Wildman–Crippen MR) is 139 cm³/mol. The second kappa shape index (κ2) is 10.6. The molecule has 8 nitrogen and oxygen atoms in total. The Balaban J connectivity index is 1.24. The Bertz CT molecular complexity index is 1080. The first-order chi connectivity index (χ1) is 17.4. The van der Waals surface area contributed by atoms with Crippen LogP contribution in [0.25, 0.3) is 0 Å². The van der Waals surface area contributed by atoms with Crippen molar-refractivity contribution in [2.24, 2.45) is 0 Å². The van der Waals surface area contributed by atoms with E-state index < -0.39 is 6.04 Å². The minimum atomic E-state index is -0.656. The lowest BCUT2D eigenvalue weighted by Gasteiger charge is -2.38. The number of nitrogens with one attached hydrogen (secondary N) is 1. The van der Waals surface area contributed by atoms with Gasteiger partial charge in [0.25, 0.3) is 5.91 Å². The van der Waals surface area contributed by atoms with Crippen molar-refractivity contribution in [3.05, 3.63) is 45.1 Å². The predicted octanol–water partition coefficient (Wildman–Crippen LogP) is 3.65. The molecule has 0 unspecified atom stereocenters. The summed E-state index contributed by atoms with van der Waals surface area (Å²) in [5.74, 6) is -0.0871. The summed E-state index contributed by atoms with van der Waals surface area (Å²) >= 11 is 12.5. The molecule has 194 valence electrons. The Morgan fingerprint density at radius 2 is 1.81 bits per heavy atom. The van der Waals surface area contributed by atoms with Crippen molar-refractivity contribution in [3.63, 3.8) is 0 Å². The van der Waals surface area contributed by atoms with E-state index in [1.54, 1.807) is 28.0 Å². The highest BCUT2D eigenvalue weighted by Crippen LogP contribution is 2.39. The second-order valence-corrected chi connectivity index (χ2v) is 10.8. The Kier molecular flexibility index (Phi) is 7.47. The van der Waals surface area contributed by atoms with Crippen molar-refractivity contribution in [3.8, 4) is 0 Å². The molecule has 3 heterocycles. The maximum absolute atomic E-state index is 13.5.